The lowest BCUT2D eigenvalue weighted by molar-refractivity contribution is -0.127. The van der Waals surface area contributed by atoms with Crippen LogP contribution in [-0.4, -0.2) is 85.8 Å². The van der Waals surface area contributed by atoms with Gasteiger partial charge in [0.2, 0.25) is 15.9 Å². The van der Waals surface area contributed by atoms with Gasteiger partial charge in [0.1, 0.15) is 16.7 Å². The Balaban J connectivity index is 1.28. The summed E-state index contributed by atoms with van der Waals surface area (Å²) in [6, 6.07) is 12.8. The fourth-order valence-corrected chi connectivity index (χ4v) is 8.61. The molecule has 4 heterocycles. The van der Waals surface area contributed by atoms with Gasteiger partial charge in [-0.2, -0.15) is 4.31 Å². The van der Waals surface area contributed by atoms with Crippen LogP contribution in [0.1, 0.15) is 61.1 Å². The van der Waals surface area contributed by atoms with E-state index >= 15 is 0 Å². The zero-order valence-corrected chi connectivity index (χ0v) is 24.6. The molecule has 0 aromatic heterocycles. The number of fused-ring (bicyclic) bond motifs is 2. The van der Waals surface area contributed by atoms with Crippen molar-refractivity contribution in [3.63, 3.8) is 0 Å². The van der Waals surface area contributed by atoms with Crippen molar-refractivity contribution in [2.24, 2.45) is 0 Å². The van der Waals surface area contributed by atoms with Crippen molar-refractivity contribution >= 4 is 15.9 Å². The normalized spacial score (nSPS) is 27.3. The van der Waals surface area contributed by atoms with E-state index in [0.29, 0.717) is 32.0 Å². The third-order valence-corrected chi connectivity index (χ3v) is 11.4. The number of sulfonamides is 1. The first-order valence-electron chi connectivity index (χ1n) is 14.9. The average Bonchev–Trinajstić information content (AvgIpc) is 3.38. The number of carbonyl (C=O) groups excluding carboxylic acids is 1. The number of piperidine rings is 1. The Morgan fingerprint density at radius 2 is 1.80 bits per heavy atom. The third-order valence-electron chi connectivity index (χ3n) is 9.48. The van der Waals surface area contributed by atoms with E-state index in [2.05, 4.69) is 41.4 Å². The molecule has 4 aliphatic heterocycles. The Morgan fingerprint density at radius 3 is 2.56 bits per heavy atom. The van der Waals surface area contributed by atoms with Crippen molar-refractivity contribution < 1.29 is 27.8 Å². The van der Waals surface area contributed by atoms with Gasteiger partial charge in [-0.3, -0.25) is 9.69 Å². The van der Waals surface area contributed by atoms with E-state index in [9.17, 15) is 18.3 Å². The number of hydrogen-bond acceptors (Lipinski definition) is 7. The number of likely N-dealkylation sites (tertiary alicyclic amines) is 1. The molecule has 0 radical (unpaired) electrons. The Hall–Kier alpha value is -2.50. The predicted molar refractivity (Wildman–Crippen MR) is 154 cm³/mol. The van der Waals surface area contributed by atoms with Gasteiger partial charge in [0.05, 0.1) is 12.7 Å². The second-order valence-corrected chi connectivity index (χ2v) is 14.0. The number of ether oxygens (including phenoxy) is 2. The summed E-state index contributed by atoms with van der Waals surface area (Å²) in [6.45, 7) is 6.17. The van der Waals surface area contributed by atoms with E-state index in [1.54, 1.807) is 6.07 Å². The van der Waals surface area contributed by atoms with Crippen LogP contribution in [0.4, 0.5) is 0 Å². The maximum absolute atomic E-state index is 14.0. The van der Waals surface area contributed by atoms with E-state index in [4.69, 9.17) is 9.47 Å². The molecule has 9 nitrogen and oxygen atoms in total. The van der Waals surface area contributed by atoms with Gasteiger partial charge >= 0.3 is 0 Å². The predicted octanol–water partition coefficient (Wildman–Crippen LogP) is 2.95. The number of rotatable bonds is 3. The van der Waals surface area contributed by atoms with Crippen LogP contribution in [-0.2, 0) is 26.1 Å². The van der Waals surface area contributed by atoms with E-state index < -0.39 is 27.7 Å². The van der Waals surface area contributed by atoms with Gasteiger partial charge in [0.25, 0.3) is 0 Å². The average molecular weight is 584 g/mol. The van der Waals surface area contributed by atoms with Gasteiger partial charge in [-0.25, -0.2) is 8.42 Å². The lowest BCUT2D eigenvalue weighted by Crippen LogP contribution is -2.59. The van der Waals surface area contributed by atoms with Crippen LogP contribution < -0.4 is 10.1 Å². The fourth-order valence-electron chi connectivity index (χ4n) is 6.86. The van der Waals surface area contributed by atoms with Gasteiger partial charge < -0.3 is 19.9 Å². The number of hydrogen-bond donors (Lipinski definition) is 2. The molecule has 1 spiro atoms. The Morgan fingerprint density at radius 1 is 1.05 bits per heavy atom. The zero-order valence-electron chi connectivity index (χ0n) is 23.8. The van der Waals surface area contributed by atoms with E-state index in [0.717, 1.165) is 50.9 Å². The molecule has 0 unspecified atom stereocenters. The highest BCUT2D eigenvalue weighted by Crippen LogP contribution is 2.38. The summed E-state index contributed by atoms with van der Waals surface area (Å²) < 4.78 is 40.9. The van der Waals surface area contributed by atoms with Crippen molar-refractivity contribution in [1.29, 1.82) is 0 Å². The number of amides is 1. The van der Waals surface area contributed by atoms with Gasteiger partial charge in [0.15, 0.2) is 0 Å². The Bertz CT molecular complexity index is 1370. The number of nitrogens with zero attached hydrogens (tertiary/aromatic N) is 2. The molecule has 0 aliphatic carbocycles. The van der Waals surface area contributed by atoms with Gasteiger partial charge in [0, 0.05) is 57.8 Å². The molecule has 1 amide bonds. The minimum Gasteiger partial charge on any atom is -0.492 e. The molecule has 10 heteroatoms. The summed E-state index contributed by atoms with van der Waals surface area (Å²) in [4.78, 5) is 16.2. The molecule has 0 bridgehead atoms. The largest absolute Gasteiger partial charge is 0.492 e. The highest BCUT2D eigenvalue weighted by Gasteiger charge is 2.47. The molecular weight excluding hydrogens is 542 g/mol. The summed E-state index contributed by atoms with van der Waals surface area (Å²) in [5, 5.41) is 13.8. The number of aryl methyl sites for hydroxylation is 1. The first-order valence-corrected chi connectivity index (χ1v) is 16.3. The van der Waals surface area contributed by atoms with Crippen molar-refractivity contribution in [1.82, 2.24) is 14.5 Å². The minimum absolute atomic E-state index is 0.0595. The van der Waals surface area contributed by atoms with Crippen LogP contribution in [0.5, 0.6) is 5.75 Å². The zero-order chi connectivity index (χ0) is 28.6. The first-order chi connectivity index (χ1) is 19.7. The SMILES string of the molecule is Cc1ccccc1CN1CCC2(CCOc3cc(C4CCOCC4)ccc3S(=O)(=O)N3C[C@H](O)C[C@H]3C(=O)N2)CC1. The lowest BCUT2D eigenvalue weighted by Gasteiger charge is -2.43. The van der Waals surface area contributed by atoms with Crippen molar-refractivity contribution in [3.05, 3.63) is 59.2 Å². The fraction of sp³-hybridized carbons (Fsp3) is 0.581. The highest BCUT2D eigenvalue weighted by molar-refractivity contribution is 7.89. The quantitative estimate of drug-likeness (QED) is 0.572. The number of nitrogens with one attached hydrogen (secondary N) is 1. The van der Waals surface area contributed by atoms with Crippen LogP contribution in [0.3, 0.4) is 0 Å². The van der Waals surface area contributed by atoms with E-state index in [1.165, 1.54) is 15.4 Å². The molecule has 41 heavy (non-hydrogen) atoms. The molecule has 222 valence electrons. The second kappa shape index (κ2) is 11.6. The molecule has 3 saturated heterocycles. The van der Waals surface area contributed by atoms with Crippen LogP contribution in [0.15, 0.2) is 47.4 Å². The van der Waals surface area contributed by atoms with Crippen molar-refractivity contribution in [3.8, 4) is 5.75 Å². The first kappa shape index (κ1) is 28.6. The summed E-state index contributed by atoms with van der Waals surface area (Å²) in [5.41, 5.74) is 3.11. The monoisotopic (exact) mass is 583 g/mol. The van der Waals surface area contributed by atoms with Gasteiger partial charge in [-0.15, -0.1) is 0 Å². The second-order valence-electron chi connectivity index (χ2n) is 12.1. The van der Waals surface area contributed by atoms with Gasteiger partial charge in [-0.05, 0) is 67.3 Å². The molecule has 6 rings (SSSR count). The van der Waals surface area contributed by atoms with Crippen LogP contribution in [0, 0.1) is 6.92 Å². The number of aliphatic hydroxyl groups is 1. The molecule has 3 fully saturated rings. The van der Waals surface area contributed by atoms with Crippen molar-refractivity contribution in [2.75, 3.05) is 39.5 Å². The molecule has 2 aromatic carbocycles. The maximum atomic E-state index is 14.0. The summed E-state index contributed by atoms with van der Waals surface area (Å²) >= 11 is 0. The van der Waals surface area contributed by atoms with Gasteiger partial charge in [-0.1, -0.05) is 30.3 Å². The Kier molecular flexibility index (Phi) is 8.13. The maximum Gasteiger partial charge on any atom is 0.247 e. The molecule has 2 N–H and O–H groups in total. The number of benzene rings is 2. The molecule has 4 aliphatic rings. The van der Waals surface area contributed by atoms with Crippen molar-refractivity contribution in [2.45, 2.75) is 80.5 Å². The smallest absolute Gasteiger partial charge is 0.247 e. The summed E-state index contributed by atoms with van der Waals surface area (Å²) in [5.74, 6) is 0.280. The Labute approximate surface area is 242 Å². The lowest BCUT2D eigenvalue weighted by atomic mass is 9.84. The van der Waals surface area contributed by atoms with Crippen LogP contribution >= 0.6 is 0 Å². The summed E-state index contributed by atoms with van der Waals surface area (Å²) in [7, 11) is -4.08. The molecule has 0 saturated carbocycles. The third kappa shape index (κ3) is 5.90. The minimum atomic E-state index is -4.08. The van der Waals surface area contributed by atoms with Crippen LogP contribution in [0.2, 0.25) is 0 Å². The summed E-state index contributed by atoms with van der Waals surface area (Å²) in [6.07, 6.45) is 3.00. The van der Waals surface area contributed by atoms with E-state index in [-0.39, 0.29) is 29.7 Å². The topological polar surface area (TPSA) is 108 Å². The molecular formula is C31H41N3O6S. The molecule has 2 atom stereocenters. The van der Waals surface area contributed by atoms with Crippen LogP contribution in [0.25, 0.3) is 0 Å². The highest BCUT2D eigenvalue weighted by atomic mass is 32.2. The number of aliphatic hydroxyl groups excluding tert-OH is 1. The van der Waals surface area contributed by atoms with E-state index in [1.807, 2.05) is 12.1 Å². The standard InChI is InChI=1S/C31H41N3O6S/c1-22-4-2-3-5-25(22)20-33-13-10-31(11-14-33)12-17-40-28-18-24(23-8-15-39-16-9-23)6-7-29(28)41(37,38)34-21-26(35)19-27(34)30(36)32-31/h2-7,18,23,26-27,35H,8-17,19-21H2,1H3,(H,32,36)/t26-,27+/m1/s1. The molecule has 2 aromatic rings. The number of carbonyl (C=O) groups is 1.